The summed E-state index contributed by atoms with van der Waals surface area (Å²) in [5.41, 5.74) is 14.6. The first-order valence-electron chi connectivity index (χ1n) is 20.2. The molecule has 0 aliphatic carbocycles. The number of para-hydroxylation sites is 4. The van der Waals surface area contributed by atoms with Crippen molar-refractivity contribution < 1.29 is 0 Å². The molecule has 0 fully saturated rings. The van der Waals surface area contributed by atoms with E-state index in [1.54, 1.807) is 0 Å². The predicted octanol–water partition coefficient (Wildman–Crippen LogP) is 15.7. The van der Waals surface area contributed by atoms with Gasteiger partial charge in [-0.15, -0.1) is 0 Å². The van der Waals surface area contributed by atoms with Crippen molar-refractivity contribution in [3.8, 4) is 0 Å². The number of unbranched alkanes of at least 4 members (excludes halogenated alkanes) is 2. The van der Waals surface area contributed by atoms with Gasteiger partial charge in [0.25, 0.3) is 0 Å². The molecule has 0 aliphatic heterocycles. The molecule has 0 amide bonds. The highest BCUT2D eigenvalue weighted by Crippen LogP contribution is 2.39. The molecule has 278 valence electrons. The minimum atomic E-state index is 1.07. The number of anilines is 6. The first kappa shape index (κ1) is 37.9. The topological polar surface area (TPSA) is 6.48 Å². The molecule has 56 heavy (non-hydrogen) atoms. The summed E-state index contributed by atoms with van der Waals surface area (Å²) in [6.45, 7) is 4.51. The molecular formula is C54H52N2. The fourth-order valence-corrected chi connectivity index (χ4v) is 7.20. The van der Waals surface area contributed by atoms with Gasteiger partial charge in [0.1, 0.15) is 0 Å². The summed E-state index contributed by atoms with van der Waals surface area (Å²) < 4.78 is 0. The number of hydrogen-bond donors (Lipinski definition) is 0. The van der Waals surface area contributed by atoms with Crippen LogP contribution >= 0.6 is 0 Å². The van der Waals surface area contributed by atoms with E-state index in [1.165, 1.54) is 81.8 Å². The van der Waals surface area contributed by atoms with Crippen LogP contribution in [-0.4, -0.2) is 0 Å². The Morgan fingerprint density at radius 1 is 0.321 bits per heavy atom. The summed E-state index contributed by atoms with van der Waals surface area (Å²) in [5.74, 6) is 0. The SMILES string of the molecule is CCCCc1ccccc1N(c1ccccc1)c1ccc(/C=C/c2ccc(/C=C/c3ccc(N(c4ccccc4)c4ccccc4CCCC)cc3)cc2)cc1. The average Bonchev–Trinajstić information content (AvgIpc) is 3.26. The molecule has 0 aromatic heterocycles. The highest BCUT2D eigenvalue weighted by atomic mass is 15.1. The summed E-state index contributed by atoms with van der Waals surface area (Å²) in [4.78, 5) is 4.76. The summed E-state index contributed by atoms with van der Waals surface area (Å²) >= 11 is 0. The minimum Gasteiger partial charge on any atom is -0.310 e. The van der Waals surface area contributed by atoms with Crippen LogP contribution in [0.25, 0.3) is 24.3 Å². The van der Waals surface area contributed by atoms with E-state index in [1.807, 2.05) is 0 Å². The van der Waals surface area contributed by atoms with Crippen LogP contribution in [-0.2, 0) is 12.8 Å². The second-order valence-corrected chi connectivity index (χ2v) is 14.3. The summed E-state index contributed by atoms with van der Waals surface area (Å²) in [5, 5.41) is 0. The maximum absolute atomic E-state index is 2.38. The molecule has 7 aromatic carbocycles. The zero-order chi connectivity index (χ0) is 38.4. The van der Waals surface area contributed by atoms with Gasteiger partial charge in [0.05, 0.1) is 0 Å². The molecule has 0 saturated carbocycles. The van der Waals surface area contributed by atoms with E-state index in [0.717, 1.165) is 24.2 Å². The van der Waals surface area contributed by atoms with Crippen LogP contribution in [0.3, 0.4) is 0 Å². The lowest BCUT2D eigenvalue weighted by molar-refractivity contribution is 0.795. The smallest absolute Gasteiger partial charge is 0.0493 e. The molecular weight excluding hydrogens is 677 g/mol. The highest BCUT2D eigenvalue weighted by Gasteiger charge is 2.17. The zero-order valence-electron chi connectivity index (χ0n) is 32.8. The van der Waals surface area contributed by atoms with Gasteiger partial charge in [0.2, 0.25) is 0 Å². The van der Waals surface area contributed by atoms with E-state index in [-0.39, 0.29) is 0 Å². The van der Waals surface area contributed by atoms with E-state index in [0.29, 0.717) is 0 Å². The molecule has 0 saturated heterocycles. The Labute approximate surface area is 334 Å². The van der Waals surface area contributed by atoms with Crippen LogP contribution in [0.4, 0.5) is 34.1 Å². The molecule has 7 rings (SSSR count). The first-order valence-corrected chi connectivity index (χ1v) is 20.2. The van der Waals surface area contributed by atoms with Crippen LogP contribution in [0.1, 0.15) is 72.9 Å². The fraction of sp³-hybridized carbons (Fsp3) is 0.148. The van der Waals surface area contributed by atoms with Crippen molar-refractivity contribution in [3.63, 3.8) is 0 Å². The molecule has 0 unspecified atom stereocenters. The fourth-order valence-electron chi connectivity index (χ4n) is 7.20. The molecule has 2 nitrogen and oxygen atoms in total. The Morgan fingerprint density at radius 2 is 0.607 bits per heavy atom. The van der Waals surface area contributed by atoms with Crippen LogP contribution in [0, 0.1) is 0 Å². The van der Waals surface area contributed by atoms with Gasteiger partial charge in [-0.05, 0) is 120 Å². The van der Waals surface area contributed by atoms with Crippen molar-refractivity contribution in [2.24, 2.45) is 0 Å². The zero-order valence-corrected chi connectivity index (χ0v) is 32.8. The second kappa shape index (κ2) is 19.3. The van der Waals surface area contributed by atoms with Gasteiger partial charge in [-0.3, -0.25) is 0 Å². The molecule has 0 spiro atoms. The second-order valence-electron chi connectivity index (χ2n) is 14.3. The maximum atomic E-state index is 2.38. The Bertz CT molecular complexity index is 2140. The van der Waals surface area contributed by atoms with Gasteiger partial charge in [-0.25, -0.2) is 0 Å². The van der Waals surface area contributed by atoms with Gasteiger partial charge >= 0.3 is 0 Å². The van der Waals surface area contributed by atoms with E-state index in [4.69, 9.17) is 0 Å². The molecule has 0 radical (unpaired) electrons. The molecule has 0 aliphatic rings. The van der Waals surface area contributed by atoms with Gasteiger partial charge in [-0.2, -0.15) is 0 Å². The van der Waals surface area contributed by atoms with Crippen LogP contribution in [0.15, 0.2) is 182 Å². The third kappa shape index (κ3) is 9.64. The lowest BCUT2D eigenvalue weighted by atomic mass is 10.0. The number of rotatable bonds is 16. The van der Waals surface area contributed by atoms with E-state index < -0.39 is 0 Å². The Kier molecular flexibility index (Phi) is 13.1. The molecule has 0 bridgehead atoms. The number of aryl methyl sites for hydroxylation is 2. The Hall–Kier alpha value is -6.38. The van der Waals surface area contributed by atoms with Crippen molar-refractivity contribution in [1.82, 2.24) is 0 Å². The standard InChI is InChI=1S/C54H52N2/c1-3-5-17-47-19-13-15-25-53(47)55(49-21-9-7-10-22-49)51-39-35-45(36-40-51)33-31-43-27-29-44(30-28-43)32-34-46-37-41-52(42-38-46)56(50-23-11-8-12-24-50)54-26-16-14-20-48(54)18-6-4-2/h7-16,19-42H,3-6,17-18H2,1-2H3/b33-31+,34-32+. The third-order valence-electron chi connectivity index (χ3n) is 10.3. The van der Waals surface area contributed by atoms with Crippen molar-refractivity contribution in [2.45, 2.75) is 52.4 Å². The Balaban J connectivity index is 1.03. The summed E-state index contributed by atoms with van der Waals surface area (Å²) in [7, 11) is 0. The minimum absolute atomic E-state index is 1.07. The predicted molar refractivity (Wildman–Crippen MR) is 244 cm³/mol. The van der Waals surface area contributed by atoms with Gasteiger partial charge in [0, 0.05) is 34.1 Å². The van der Waals surface area contributed by atoms with Crippen LogP contribution in [0.2, 0.25) is 0 Å². The largest absolute Gasteiger partial charge is 0.310 e. The molecule has 0 heterocycles. The van der Waals surface area contributed by atoms with Crippen molar-refractivity contribution >= 4 is 58.4 Å². The monoisotopic (exact) mass is 728 g/mol. The third-order valence-corrected chi connectivity index (χ3v) is 10.3. The maximum Gasteiger partial charge on any atom is 0.0493 e. The van der Waals surface area contributed by atoms with Gasteiger partial charge in [0.15, 0.2) is 0 Å². The Morgan fingerprint density at radius 3 is 0.946 bits per heavy atom. The van der Waals surface area contributed by atoms with Crippen LogP contribution in [0.5, 0.6) is 0 Å². The number of benzene rings is 7. The van der Waals surface area contributed by atoms with Crippen LogP contribution < -0.4 is 9.80 Å². The van der Waals surface area contributed by atoms with E-state index in [2.05, 4.69) is 230 Å². The average molecular weight is 729 g/mol. The normalized spacial score (nSPS) is 11.3. The highest BCUT2D eigenvalue weighted by molar-refractivity contribution is 5.81. The lowest BCUT2D eigenvalue weighted by Gasteiger charge is -2.28. The van der Waals surface area contributed by atoms with E-state index in [9.17, 15) is 0 Å². The molecule has 0 N–H and O–H groups in total. The van der Waals surface area contributed by atoms with Gasteiger partial charge in [-0.1, -0.05) is 172 Å². The van der Waals surface area contributed by atoms with Crippen molar-refractivity contribution in [1.29, 1.82) is 0 Å². The number of hydrogen-bond acceptors (Lipinski definition) is 2. The first-order chi connectivity index (χ1) is 27.7. The quantitative estimate of drug-likeness (QED) is 0.0914. The molecule has 7 aromatic rings. The van der Waals surface area contributed by atoms with Gasteiger partial charge < -0.3 is 9.80 Å². The molecule has 2 heteroatoms. The molecule has 0 atom stereocenters. The summed E-state index contributed by atoms with van der Waals surface area (Å²) in [6, 6.07) is 65.5. The summed E-state index contributed by atoms with van der Waals surface area (Å²) in [6.07, 6.45) is 15.6. The lowest BCUT2D eigenvalue weighted by Crippen LogP contribution is -2.12. The van der Waals surface area contributed by atoms with E-state index >= 15 is 0 Å². The van der Waals surface area contributed by atoms with Crippen molar-refractivity contribution in [3.05, 3.63) is 215 Å². The van der Waals surface area contributed by atoms with Crippen molar-refractivity contribution in [2.75, 3.05) is 9.80 Å². The number of nitrogens with zero attached hydrogens (tertiary/aromatic N) is 2.